The van der Waals surface area contributed by atoms with Gasteiger partial charge in [-0.1, -0.05) is 73.6 Å². The van der Waals surface area contributed by atoms with Gasteiger partial charge in [0.25, 0.3) is 0 Å². The first-order valence-corrected chi connectivity index (χ1v) is 8.38. The predicted octanol–water partition coefficient (Wildman–Crippen LogP) is 5.40. The van der Waals surface area contributed by atoms with Gasteiger partial charge < -0.3 is 10.5 Å². The van der Waals surface area contributed by atoms with E-state index in [-0.39, 0.29) is 0 Å². The molecule has 0 rings (SSSR count). The molecule has 19 heavy (non-hydrogen) atoms. The average molecular weight is 276 g/mol. The topological polar surface area (TPSA) is 35.2 Å². The maximum absolute atomic E-state index is 5.23. The second-order valence-electron chi connectivity index (χ2n) is 5.29. The minimum absolute atomic E-state index is 0.740. The van der Waals surface area contributed by atoms with Crippen LogP contribution in [0.25, 0.3) is 0 Å². The predicted molar refractivity (Wildman–Crippen MR) is 89.7 cm³/mol. The summed E-state index contributed by atoms with van der Waals surface area (Å²) in [6.07, 6.45) is 8.87. The molecule has 0 aromatic carbocycles. The zero-order valence-corrected chi connectivity index (χ0v) is 14.6. The van der Waals surface area contributed by atoms with Crippen LogP contribution in [-0.4, -0.2) is 19.8 Å². The molecule has 0 heterocycles. The Hall–Kier alpha value is -0.0800. The van der Waals surface area contributed by atoms with Crippen LogP contribution >= 0.6 is 0 Å². The van der Waals surface area contributed by atoms with E-state index in [1.807, 2.05) is 0 Å². The largest absolute Gasteiger partial charge is 0.381 e. The molecule has 0 spiro atoms. The molecule has 0 aromatic heterocycles. The van der Waals surface area contributed by atoms with Crippen molar-refractivity contribution in [2.24, 2.45) is 11.7 Å². The van der Waals surface area contributed by atoms with Gasteiger partial charge in [-0.05, 0) is 25.3 Å². The van der Waals surface area contributed by atoms with E-state index in [0.717, 1.165) is 38.5 Å². The van der Waals surface area contributed by atoms with Gasteiger partial charge in [0, 0.05) is 13.2 Å². The van der Waals surface area contributed by atoms with Gasteiger partial charge in [0.1, 0.15) is 0 Å². The fraction of sp³-hybridized carbons (Fsp3) is 1.00. The molecule has 0 aliphatic heterocycles. The van der Waals surface area contributed by atoms with Gasteiger partial charge in [-0.2, -0.15) is 0 Å². The minimum Gasteiger partial charge on any atom is -0.381 e. The third-order valence-electron chi connectivity index (χ3n) is 2.48. The van der Waals surface area contributed by atoms with E-state index in [1.54, 1.807) is 0 Å². The monoisotopic (exact) mass is 275 g/mol. The third kappa shape index (κ3) is 46.2. The third-order valence-corrected chi connectivity index (χ3v) is 2.48. The lowest BCUT2D eigenvalue weighted by Gasteiger charge is -1.98. The van der Waals surface area contributed by atoms with Gasteiger partial charge in [0.2, 0.25) is 0 Å². The van der Waals surface area contributed by atoms with Crippen LogP contribution in [0.4, 0.5) is 0 Å². The number of ether oxygens (including phenoxy) is 1. The van der Waals surface area contributed by atoms with E-state index in [0.29, 0.717) is 0 Å². The highest BCUT2D eigenvalue weighted by Crippen LogP contribution is 2.04. The summed E-state index contributed by atoms with van der Waals surface area (Å²) in [7, 11) is 0. The zero-order chi connectivity index (χ0) is 15.4. The lowest BCUT2D eigenvalue weighted by Crippen LogP contribution is -2.04. The summed E-state index contributed by atoms with van der Waals surface area (Å²) in [5.41, 5.74) is 5.23. The fourth-order valence-corrected chi connectivity index (χ4v) is 1.04. The summed E-state index contributed by atoms with van der Waals surface area (Å²) < 4.78 is 5.14. The molecular weight excluding hydrogens is 234 g/mol. The van der Waals surface area contributed by atoms with Gasteiger partial charge in [-0.15, -0.1) is 0 Å². The van der Waals surface area contributed by atoms with Gasteiger partial charge >= 0.3 is 0 Å². The van der Waals surface area contributed by atoms with Crippen molar-refractivity contribution in [3.8, 4) is 0 Å². The first-order valence-electron chi connectivity index (χ1n) is 8.38. The summed E-state index contributed by atoms with van der Waals surface area (Å²) in [5, 5.41) is 0. The lowest BCUT2D eigenvalue weighted by molar-refractivity contribution is 0.134. The number of hydrogen-bond donors (Lipinski definition) is 1. The Morgan fingerprint density at radius 2 is 1.37 bits per heavy atom. The van der Waals surface area contributed by atoms with Gasteiger partial charge in [-0.25, -0.2) is 0 Å². The highest BCUT2D eigenvalue weighted by atomic mass is 16.5. The molecule has 0 amide bonds. The van der Waals surface area contributed by atoms with Crippen LogP contribution in [0.2, 0.25) is 0 Å². The van der Waals surface area contributed by atoms with Gasteiger partial charge in [-0.3, -0.25) is 0 Å². The van der Waals surface area contributed by atoms with Crippen LogP contribution in [0.1, 0.15) is 86.5 Å². The van der Waals surface area contributed by atoms with Crippen molar-refractivity contribution < 1.29 is 4.74 Å². The van der Waals surface area contributed by atoms with Gasteiger partial charge in [0.05, 0.1) is 0 Å². The Balaban J connectivity index is -0.000000214. The van der Waals surface area contributed by atoms with Crippen LogP contribution in [0, 0.1) is 5.92 Å². The molecule has 0 aliphatic carbocycles. The van der Waals surface area contributed by atoms with Crippen molar-refractivity contribution in [3.63, 3.8) is 0 Å². The molecule has 0 aromatic rings. The molecule has 0 saturated heterocycles. The van der Waals surface area contributed by atoms with Crippen molar-refractivity contribution in [1.29, 1.82) is 0 Å². The van der Waals surface area contributed by atoms with Crippen LogP contribution in [0.5, 0.6) is 0 Å². The average Bonchev–Trinajstić information content (AvgIpc) is 2.42. The summed E-state index contributed by atoms with van der Waals surface area (Å²) in [6.45, 7) is 15.7. The smallest absolute Gasteiger partial charge is 0.0478 e. The molecule has 2 nitrogen and oxygen atoms in total. The summed E-state index contributed by atoms with van der Waals surface area (Å²) in [4.78, 5) is 0. The molecule has 0 aliphatic rings. The standard InChI is InChI=1S/C7H16.C6H15NO.C4H10/c1-4-5-6-7(2)3;1-2-5-8-6-3-4-7;1-3-4-2/h7H,4-6H2,1-3H3;2-7H2,1H3;3-4H2,1-2H3. The van der Waals surface area contributed by atoms with E-state index in [9.17, 15) is 0 Å². The molecule has 0 fully saturated rings. The van der Waals surface area contributed by atoms with Crippen molar-refractivity contribution in [2.75, 3.05) is 19.8 Å². The van der Waals surface area contributed by atoms with Crippen LogP contribution in [0.15, 0.2) is 0 Å². The van der Waals surface area contributed by atoms with E-state index in [2.05, 4.69) is 41.5 Å². The van der Waals surface area contributed by atoms with Crippen LogP contribution < -0.4 is 5.73 Å². The molecule has 120 valence electrons. The molecule has 0 saturated carbocycles. The fourth-order valence-electron chi connectivity index (χ4n) is 1.04. The first-order chi connectivity index (χ1) is 9.10. The van der Waals surface area contributed by atoms with Crippen molar-refractivity contribution in [2.45, 2.75) is 86.5 Å². The summed E-state index contributed by atoms with van der Waals surface area (Å²) in [5.74, 6) is 0.903. The Morgan fingerprint density at radius 1 is 0.789 bits per heavy atom. The normalized spacial score (nSPS) is 9.47. The van der Waals surface area contributed by atoms with Crippen LogP contribution in [-0.2, 0) is 4.74 Å². The van der Waals surface area contributed by atoms with E-state index < -0.39 is 0 Å². The van der Waals surface area contributed by atoms with Gasteiger partial charge in [0.15, 0.2) is 0 Å². The maximum Gasteiger partial charge on any atom is 0.0478 e. The molecule has 0 radical (unpaired) electrons. The Bertz CT molecular complexity index is 108. The second-order valence-corrected chi connectivity index (χ2v) is 5.29. The number of nitrogens with two attached hydrogens (primary N) is 1. The second kappa shape index (κ2) is 26.5. The Morgan fingerprint density at radius 3 is 1.63 bits per heavy atom. The Labute approximate surface area is 123 Å². The van der Waals surface area contributed by atoms with Crippen molar-refractivity contribution in [1.82, 2.24) is 0 Å². The van der Waals surface area contributed by atoms with Crippen LogP contribution in [0.3, 0.4) is 0 Å². The Kier molecular flexibility index (Phi) is 33.4. The maximum atomic E-state index is 5.23. The molecule has 0 unspecified atom stereocenters. The summed E-state index contributed by atoms with van der Waals surface area (Å²) in [6, 6.07) is 0. The quantitative estimate of drug-likeness (QED) is 0.572. The van der Waals surface area contributed by atoms with E-state index >= 15 is 0 Å². The summed E-state index contributed by atoms with van der Waals surface area (Å²) >= 11 is 0. The SMILES string of the molecule is CCCC.CCCCC(C)C.CCCOCCCN. The number of unbranched alkanes of at least 4 members (excludes halogenated alkanes) is 2. The number of hydrogen-bond acceptors (Lipinski definition) is 2. The highest BCUT2D eigenvalue weighted by Gasteiger charge is 1.88. The molecule has 2 heteroatoms. The highest BCUT2D eigenvalue weighted by molar-refractivity contribution is 4.42. The van der Waals surface area contributed by atoms with E-state index in [4.69, 9.17) is 10.5 Å². The zero-order valence-electron chi connectivity index (χ0n) is 14.6. The lowest BCUT2D eigenvalue weighted by atomic mass is 10.1. The number of rotatable bonds is 9. The van der Waals surface area contributed by atoms with Crippen molar-refractivity contribution >= 4 is 0 Å². The molecule has 0 bridgehead atoms. The van der Waals surface area contributed by atoms with Crippen molar-refractivity contribution in [3.05, 3.63) is 0 Å². The first kappa shape index (κ1) is 24.0. The van der Waals surface area contributed by atoms with E-state index in [1.165, 1.54) is 32.1 Å². The minimum atomic E-state index is 0.740. The molecule has 0 atom stereocenters. The molecule has 2 N–H and O–H groups in total. The molecular formula is C17H41NO.